The van der Waals surface area contributed by atoms with Gasteiger partial charge in [-0.05, 0) is 70.2 Å². The Labute approximate surface area is 261 Å². The summed E-state index contributed by atoms with van der Waals surface area (Å²) in [6, 6.07) is 14.1. The van der Waals surface area contributed by atoms with E-state index < -0.39 is 41.2 Å². The molecule has 0 unspecified atom stereocenters. The smallest absolute Gasteiger partial charge is 0.417 e. The zero-order valence-corrected chi connectivity index (χ0v) is 25.6. The lowest BCUT2D eigenvalue weighted by atomic mass is 10.1. The molecular weight excluding hydrogens is 624 g/mol. The first-order valence-electron chi connectivity index (χ1n) is 13.2. The fourth-order valence-electron chi connectivity index (χ4n) is 3.95. The molecule has 3 aromatic rings. The summed E-state index contributed by atoms with van der Waals surface area (Å²) >= 11 is 11.7. The number of halogens is 5. The molecule has 1 saturated heterocycles. The molecule has 2 N–H and O–H groups in total. The van der Waals surface area contributed by atoms with Crippen LogP contribution in [0.3, 0.4) is 0 Å². The second-order valence-electron chi connectivity index (χ2n) is 10.0. The Morgan fingerprint density at radius 3 is 2.14 bits per heavy atom. The quantitative estimate of drug-likeness (QED) is 0.266. The predicted molar refractivity (Wildman–Crippen MR) is 161 cm³/mol. The van der Waals surface area contributed by atoms with Gasteiger partial charge < -0.3 is 15.4 Å². The standard InChI is InChI=1S/C17H16F3NO2.C13H13Cl2N3O3/c1-11(2)23-13-7-5-6-12(10-13)21-16(22)14-8-3-4-9-15(14)17(18,19)20;1-7(2)16-12(20)17-6-11(19)18(13(17)21)10-4-8(14)3-9(15)5-10/h3-11H,1-2H3,(H,21,22);3-5,7H,6H2,1-2H3,(H,16,20). The maximum absolute atomic E-state index is 13.0. The maximum atomic E-state index is 13.0. The Kier molecular flexibility index (Phi) is 11.2. The van der Waals surface area contributed by atoms with E-state index in [1.165, 1.54) is 30.3 Å². The van der Waals surface area contributed by atoms with Crippen LogP contribution in [0.1, 0.15) is 43.6 Å². The van der Waals surface area contributed by atoms with Gasteiger partial charge in [-0.3, -0.25) is 9.59 Å². The van der Waals surface area contributed by atoms with E-state index in [-0.39, 0.29) is 24.4 Å². The van der Waals surface area contributed by atoms with Crippen molar-refractivity contribution in [2.75, 3.05) is 16.8 Å². The number of benzene rings is 3. The van der Waals surface area contributed by atoms with Gasteiger partial charge in [0.1, 0.15) is 12.3 Å². The number of alkyl halides is 3. The van der Waals surface area contributed by atoms with Crippen LogP contribution in [0.5, 0.6) is 5.75 Å². The first-order chi connectivity index (χ1) is 20.6. The number of imide groups is 2. The highest BCUT2D eigenvalue weighted by atomic mass is 35.5. The number of urea groups is 2. The summed E-state index contributed by atoms with van der Waals surface area (Å²) in [6.07, 6.45) is -4.64. The predicted octanol–water partition coefficient (Wildman–Crippen LogP) is 7.62. The Morgan fingerprint density at radius 1 is 0.909 bits per heavy atom. The van der Waals surface area contributed by atoms with Crippen molar-refractivity contribution in [2.45, 2.75) is 46.0 Å². The van der Waals surface area contributed by atoms with Gasteiger partial charge in [0.25, 0.3) is 11.8 Å². The molecule has 0 bridgehead atoms. The zero-order valence-electron chi connectivity index (χ0n) is 24.0. The van der Waals surface area contributed by atoms with Gasteiger partial charge in [-0.15, -0.1) is 0 Å². The van der Waals surface area contributed by atoms with Crippen LogP contribution in [-0.4, -0.2) is 47.5 Å². The van der Waals surface area contributed by atoms with Crippen LogP contribution >= 0.6 is 23.2 Å². The largest absolute Gasteiger partial charge is 0.491 e. The van der Waals surface area contributed by atoms with Gasteiger partial charge in [-0.25, -0.2) is 19.4 Å². The van der Waals surface area contributed by atoms with Gasteiger partial charge in [-0.2, -0.15) is 13.2 Å². The summed E-state index contributed by atoms with van der Waals surface area (Å²) in [4.78, 5) is 50.0. The van der Waals surface area contributed by atoms with Crippen LogP contribution in [-0.2, 0) is 11.0 Å². The van der Waals surface area contributed by atoms with E-state index in [1.807, 2.05) is 13.8 Å². The summed E-state index contributed by atoms with van der Waals surface area (Å²) in [5.41, 5.74) is -0.783. The van der Waals surface area contributed by atoms with E-state index in [1.54, 1.807) is 38.1 Å². The lowest BCUT2D eigenvalue weighted by molar-refractivity contribution is -0.137. The van der Waals surface area contributed by atoms with Gasteiger partial charge >= 0.3 is 18.2 Å². The highest BCUT2D eigenvalue weighted by Gasteiger charge is 2.41. The number of carbonyl (C=O) groups excluding carboxylic acids is 4. The number of rotatable bonds is 6. The highest BCUT2D eigenvalue weighted by Crippen LogP contribution is 2.32. The van der Waals surface area contributed by atoms with Gasteiger partial charge in [0.05, 0.1) is 22.9 Å². The molecule has 234 valence electrons. The topological polar surface area (TPSA) is 108 Å². The third-order valence-electron chi connectivity index (χ3n) is 5.67. The molecule has 6 amide bonds. The van der Waals surface area contributed by atoms with E-state index in [4.69, 9.17) is 27.9 Å². The summed E-state index contributed by atoms with van der Waals surface area (Å²) in [7, 11) is 0. The maximum Gasteiger partial charge on any atom is 0.417 e. The Bertz CT molecular complexity index is 1530. The molecule has 0 aliphatic carbocycles. The summed E-state index contributed by atoms with van der Waals surface area (Å²) in [5.74, 6) is -0.807. The number of nitrogens with zero attached hydrogens (tertiary/aromatic N) is 2. The van der Waals surface area contributed by atoms with Crippen molar-refractivity contribution in [1.29, 1.82) is 0 Å². The van der Waals surface area contributed by atoms with E-state index in [2.05, 4.69) is 10.6 Å². The van der Waals surface area contributed by atoms with Crippen LogP contribution < -0.4 is 20.3 Å². The van der Waals surface area contributed by atoms with Gasteiger partial charge in [0.15, 0.2) is 0 Å². The first kappa shape index (κ1) is 34.2. The number of carbonyl (C=O) groups is 4. The third-order valence-corrected chi connectivity index (χ3v) is 6.11. The molecule has 14 heteroatoms. The summed E-state index contributed by atoms with van der Waals surface area (Å²) < 4.78 is 44.4. The van der Waals surface area contributed by atoms with Crippen LogP contribution in [0.15, 0.2) is 66.7 Å². The van der Waals surface area contributed by atoms with E-state index in [9.17, 15) is 32.3 Å². The van der Waals surface area contributed by atoms with Crippen molar-refractivity contribution in [3.8, 4) is 5.75 Å². The minimum Gasteiger partial charge on any atom is -0.491 e. The molecule has 0 radical (unpaired) electrons. The van der Waals surface area contributed by atoms with Crippen LogP contribution in [0.25, 0.3) is 0 Å². The van der Waals surface area contributed by atoms with E-state index in [0.717, 1.165) is 21.9 Å². The third kappa shape index (κ3) is 9.10. The fraction of sp³-hybridized carbons (Fsp3) is 0.267. The van der Waals surface area contributed by atoms with Crippen LogP contribution in [0.4, 0.5) is 34.1 Å². The summed E-state index contributed by atoms with van der Waals surface area (Å²) in [5, 5.41) is 5.62. The van der Waals surface area contributed by atoms with Crippen LogP contribution in [0, 0.1) is 0 Å². The minimum atomic E-state index is -4.59. The molecule has 9 nitrogen and oxygen atoms in total. The molecule has 1 heterocycles. The Balaban J connectivity index is 0.000000241. The number of hydrogen-bond acceptors (Lipinski definition) is 5. The fourth-order valence-corrected chi connectivity index (χ4v) is 4.47. The van der Waals surface area contributed by atoms with Gasteiger partial charge in [0.2, 0.25) is 0 Å². The monoisotopic (exact) mass is 652 g/mol. The number of anilines is 2. The lowest BCUT2D eigenvalue weighted by Crippen LogP contribution is -2.45. The Morgan fingerprint density at radius 2 is 1.55 bits per heavy atom. The molecule has 1 aliphatic rings. The molecule has 1 aliphatic heterocycles. The van der Waals surface area contributed by atoms with Crippen molar-refractivity contribution in [2.24, 2.45) is 0 Å². The number of amides is 6. The molecule has 0 spiro atoms. The number of nitrogens with one attached hydrogen (secondary N) is 2. The normalized spacial score (nSPS) is 13.2. The molecule has 1 fully saturated rings. The van der Waals surface area contributed by atoms with E-state index in [0.29, 0.717) is 21.5 Å². The average Bonchev–Trinajstić information content (AvgIpc) is 3.21. The molecule has 3 aromatic carbocycles. The SMILES string of the molecule is CC(C)NC(=O)N1CC(=O)N(c2cc(Cl)cc(Cl)c2)C1=O.CC(C)Oc1cccc(NC(=O)c2ccccc2C(F)(F)F)c1. The molecule has 0 atom stereocenters. The molecule has 0 saturated carbocycles. The number of hydrogen-bond donors (Lipinski definition) is 2. The average molecular weight is 653 g/mol. The Hall–Kier alpha value is -4.29. The summed E-state index contributed by atoms with van der Waals surface area (Å²) in [6.45, 7) is 6.90. The first-order valence-corrected chi connectivity index (χ1v) is 14.0. The van der Waals surface area contributed by atoms with Crippen molar-refractivity contribution in [1.82, 2.24) is 10.2 Å². The van der Waals surface area contributed by atoms with Crippen LogP contribution in [0.2, 0.25) is 10.0 Å². The molecule has 44 heavy (non-hydrogen) atoms. The van der Waals surface area contributed by atoms with Crippen molar-refractivity contribution in [3.63, 3.8) is 0 Å². The molecule has 0 aromatic heterocycles. The van der Waals surface area contributed by atoms with Gasteiger partial charge in [-0.1, -0.05) is 41.4 Å². The van der Waals surface area contributed by atoms with Crippen molar-refractivity contribution < 1.29 is 37.1 Å². The zero-order chi connectivity index (χ0) is 32.8. The lowest BCUT2D eigenvalue weighted by Gasteiger charge is -2.18. The molecule has 4 rings (SSSR count). The van der Waals surface area contributed by atoms with Crippen molar-refractivity contribution >= 4 is 58.5 Å². The second kappa shape index (κ2) is 14.5. The van der Waals surface area contributed by atoms with E-state index >= 15 is 0 Å². The second-order valence-corrected chi connectivity index (χ2v) is 10.9. The number of ether oxygens (including phenoxy) is 1. The van der Waals surface area contributed by atoms with Gasteiger partial charge in [0, 0.05) is 27.8 Å². The minimum absolute atomic E-state index is 0.0492. The molecular formula is C30H29Cl2F3N4O5. The highest BCUT2D eigenvalue weighted by molar-refractivity contribution is 6.35. The van der Waals surface area contributed by atoms with Crippen molar-refractivity contribution in [3.05, 3.63) is 87.9 Å².